The van der Waals surface area contributed by atoms with E-state index in [-0.39, 0.29) is 5.41 Å². The average molecular weight is 280 g/mol. The van der Waals surface area contributed by atoms with Gasteiger partial charge in [-0.05, 0) is 19.1 Å². The molecule has 0 atom stereocenters. The molecule has 0 spiro atoms. The van der Waals surface area contributed by atoms with Crippen LogP contribution in [0.5, 0.6) is 0 Å². The molecule has 0 aromatic carbocycles. The number of nitrogens with two attached hydrogens (primary N) is 1. The molecule has 1 aliphatic heterocycles. The van der Waals surface area contributed by atoms with Crippen molar-refractivity contribution >= 4 is 23.4 Å². The van der Waals surface area contributed by atoms with E-state index < -0.39 is 0 Å². The largest absolute Gasteiger partial charge is 0.383 e. The van der Waals surface area contributed by atoms with Crippen LogP contribution in [0.4, 0.5) is 11.6 Å². The summed E-state index contributed by atoms with van der Waals surface area (Å²) in [5.41, 5.74) is 7.02. The summed E-state index contributed by atoms with van der Waals surface area (Å²) in [7, 11) is 0. The number of anilines is 2. The molecule has 0 bridgehead atoms. The van der Waals surface area contributed by atoms with Crippen LogP contribution in [0.3, 0.4) is 0 Å². The van der Waals surface area contributed by atoms with Crippen molar-refractivity contribution in [1.29, 1.82) is 0 Å². The van der Waals surface area contributed by atoms with Crippen LogP contribution in [0.25, 0.3) is 0 Å². The van der Waals surface area contributed by atoms with Crippen molar-refractivity contribution in [2.45, 2.75) is 39.5 Å². The molecule has 0 saturated carbocycles. The zero-order valence-electron chi connectivity index (χ0n) is 12.4. The lowest BCUT2D eigenvalue weighted by Gasteiger charge is -2.26. The van der Waals surface area contributed by atoms with Crippen LogP contribution < -0.4 is 10.6 Å². The zero-order chi connectivity index (χ0) is 14.0. The van der Waals surface area contributed by atoms with Gasteiger partial charge in [0.25, 0.3) is 0 Å². The Bertz CT molecular complexity index is 445. The van der Waals surface area contributed by atoms with Crippen LogP contribution in [0.1, 0.15) is 38.6 Å². The molecule has 1 fully saturated rings. The van der Waals surface area contributed by atoms with Gasteiger partial charge in [-0.1, -0.05) is 20.8 Å². The van der Waals surface area contributed by atoms with Crippen molar-refractivity contribution in [1.82, 2.24) is 9.97 Å². The summed E-state index contributed by atoms with van der Waals surface area (Å²) in [5.74, 6) is 4.88. The molecule has 0 amide bonds. The molecule has 1 saturated heterocycles. The molecule has 1 aliphatic rings. The predicted molar refractivity (Wildman–Crippen MR) is 84.0 cm³/mol. The summed E-state index contributed by atoms with van der Waals surface area (Å²) in [4.78, 5) is 11.6. The summed E-state index contributed by atoms with van der Waals surface area (Å²) in [5, 5.41) is 0. The average Bonchev–Trinajstić information content (AvgIpc) is 2.59. The van der Waals surface area contributed by atoms with E-state index in [0.29, 0.717) is 5.82 Å². The number of hydrogen-bond acceptors (Lipinski definition) is 5. The number of thioether (sulfide) groups is 1. The van der Waals surface area contributed by atoms with Crippen LogP contribution in [0.15, 0.2) is 0 Å². The van der Waals surface area contributed by atoms with E-state index in [9.17, 15) is 0 Å². The Morgan fingerprint density at radius 1 is 1.16 bits per heavy atom. The van der Waals surface area contributed by atoms with Crippen molar-refractivity contribution in [3.63, 3.8) is 0 Å². The second kappa shape index (κ2) is 5.57. The molecule has 1 aromatic rings. The predicted octanol–water partition coefficient (Wildman–Crippen LogP) is 2.61. The number of nitrogens with zero attached hydrogens (tertiary/aromatic N) is 3. The molecule has 2 N–H and O–H groups in total. The van der Waals surface area contributed by atoms with Crippen LogP contribution in [-0.2, 0) is 5.41 Å². The third-order valence-corrected chi connectivity index (χ3v) is 4.40. The van der Waals surface area contributed by atoms with Gasteiger partial charge in [0.05, 0.1) is 0 Å². The smallest absolute Gasteiger partial charge is 0.138 e. The first-order chi connectivity index (χ1) is 8.89. The quantitative estimate of drug-likeness (QED) is 0.857. The monoisotopic (exact) mass is 280 g/mol. The molecule has 0 radical (unpaired) electrons. The molecule has 2 rings (SSSR count). The summed E-state index contributed by atoms with van der Waals surface area (Å²) >= 11 is 2.02. The lowest BCUT2D eigenvalue weighted by molar-refractivity contribution is 0.544. The Hall–Kier alpha value is -0.970. The van der Waals surface area contributed by atoms with Gasteiger partial charge in [-0.2, -0.15) is 11.8 Å². The lowest BCUT2D eigenvalue weighted by atomic mass is 9.95. The summed E-state index contributed by atoms with van der Waals surface area (Å²) in [6, 6.07) is 0. The second-order valence-electron chi connectivity index (χ2n) is 6.08. The van der Waals surface area contributed by atoms with Gasteiger partial charge in [-0.25, -0.2) is 9.97 Å². The van der Waals surface area contributed by atoms with Crippen molar-refractivity contribution in [2.24, 2.45) is 0 Å². The van der Waals surface area contributed by atoms with E-state index in [1.165, 1.54) is 12.2 Å². The SMILES string of the molecule is Cc1c(N)nc(C(C)(C)C)nc1N1CCCSCC1. The van der Waals surface area contributed by atoms with Crippen LogP contribution in [-0.4, -0.2) is 34.6 Å². The summed E-state index contributed by atoms with van der Waals surface area (Å²) in [6.07, 6.45) is 1.21. The molecule has 106 valence electrons. The van der Waals surface area contributed by atoms with Gasteiger partial charge in [0.1, 0.15) is 17.5 Å². The first-order valence-electron chi connectivity index (χ1n) is 6.87. The third kappa shape index (κ3) is 3.32. The van der Waals surface area contributed by atoms with Gasteiger partial charge < -0.3 is 10.6 Å². The lowest BCUT2D eigenvalue weighted by Crippen LogP contribution is -2.29. The van der Waals surface area contributed by atoms with E-state index in [2.05, 4.69) is 30.7 Å². The topological polar surface area (TPSA) is 55.0 Å². The van der Waals surface area contributed by atoms with Crippen molar-refractivity contribution < 1.29 is 0 Å². The minimum atomic E-state index is -0.0723. The first-order valence-corrected chi connectivity index (χ1v) is 8.02. The van der Waals surface area contributed by atoms with E-state index in [1.807, 2.05) is 18.7 Å². The first kappa shape index (κ1) is 14.4. The van der Waals surface area contributed by atoms with Crippen molar-refractivity contribution in [3.05, 3.63) is 11.4 Å². The Labute approximate surface area is 120 Å². The number of aromatic nitrogens is 2. The highest BCUT2D eigenvalue weighted by Gasteiger charge is 2.23. The fourth-order valence-corrected chi connectivity index (χ4v) is 3.01. The molecule has 1 aromatic heterocycles. The Balaban J connectivity index is 2.40. The maximum atomic E-state index is 6.08. The zero-order valence-corrected chi connectivity index (χ0v) is 13.2. The fraction of sp³-hybridized carbons (Fsp3) is 0.714. The highest BCUT2D eigenvalue weighted by molar-refractivity contribution is 7.99. The van der Waals surface area contributed by atoms with Gasteiger partial charge in [-0.15, -0.1) is 0 Å². The molecule has 2 heterocycles. The summed E-state index contributed by atoms with van der Waals surface area (Å²) < 4.78 is 0. The Morgan fingerprint density at radius 3 is 2.58 bits per heavy atom. The van der Waals surface area contributed by atoms with Gasteiger partial charge in [0.2, 0.25) is 0 Å². The molecule has 0 unspecified atom stereocenters. The number of hydrogen-bond donors (Lipinski definition) is 1. The highest BCUT2D eigenvalue weighted by atomic mass is 32.2. The molecule has 4 nitrogen and oxygen atoms in total. The van der Waals surface area contributed by atoms with Gasteiger partial charge in [-0.3, -0.25) is 0 Å². The number of rotatable bonds is 1. The van der Waals surface area contributed by atoms with E-state index >= 15 is 0 Å². The van der Waals surface area contributed by atoms with Crippen molar-refractivity contribution in [3.8, 4) is 0 Å². The van der Waals surface area contributed by atoms with Crippen LogP contribution >= 0.6 is 11.8 Å². The minimum Gasteiger partial charge on any atom is -0.383 e. The molecular weight excluding hydrogens is 256 g/mol. The molecular formula is C14H24N4S. The maximum Gasteiger partial charge on any atom is 0.138 e. The molecule has 19 heavy (non-hydrogen) atoms. The van der Waals surface area contributed by atoms with Gasteiger partial charge >= 0.3 is 0 Å². The minimum absolute atomic E-state index is 0.0723. The fourth-order valence-electron chi connectivity index (χ4n) is 2.12. The van der Waals surface area contributed by atoms with Gasteiger partial charge in [0.15, 0.2) is 0 Å². The summed E-state index contributed by atoms with van der Waals surface area (Å²) in [6.45, 7) is 10.5. The van der Waals surface area contributed by atoms with Gasteiger partial charge in [0, 0.05) is 29.8 Å². The molecule has 5 heteroatoms. The Morgan fingerprint density at radius 2 is 1.89 bits per heavy atom. The van der Waals surface area contributed by atoms with Crippen LogP contribution in [0.2, 0.25) is 0 Å². The normalized spacial score (nSPS) is 17.4. The van der Waals surface area contributed by atoms with E-state index in [1.54, 1.807) is 0 Å². The van der Waals surface area contributed by atoms with Crippen molar-refractivity contribution in [2.75, 3.05) is 35.2 Å². The number of nitrogen functional groups attached to an aromatic ring is 1. The Kier molecular flexibility index (Phi) is 4.23. The van der Waals surface area contributed by atoms with E-state index in [0.717, 1.165) is 36.0 Å². The maximum absolute atomic E-state index is 6.08. The third-order valence-electron chi connectivity index (χ3n) is 3.35. The standard InChI is InChI=1S/C14H24N4S/c1-10-11(15)16-13(14(2,3)4)17-12(10)18-6-5-8-19-9-7-18/h5-9H2,1-4H3,(H2,15,16,17). The highest BCUT2D eigenvalue weighted by Crippen LogP contribution is 2.28. The van der Waals surface area contributed by atoms with Crippen LogP contribution in [0, 0.1) is 6.92 Å². The van der Waals surface area contributed by atoms with E-state index in [4.69, 9.17) is 10.7 Å². The second-order valence-corrected chi connectivity index (χ2v) is 7.31. The molecule has 0 aliphatic carbocycles.